The molecule has 1 aromatic carbocycles. The Morgan fingerprint density at radius 2 is 1.81 bits per heavy atom. The Kier molecular flexibility index (Phi) is 4.69. The second kappa shape index (κ2) is 6.80. The topological polar surface area (TPSA) is 89.8 Å². The number of rotatable bonds is 4. The van der Waals surface area contributed by atoms with Gasteiger partial charge in [0.05, 0.1) is 11.1 Å². The standard InChI is InChI=1S/C18H19N5O2S/c1-11-5-7-12(8-6-11)14(24)13-9-10-26-17(13)19-16(25)15-20-22-23(21-15)18(2,3)4/h5-10H,1-4H3,(H,19,25). The Hall–Kier alpha value is -2.87. The van der Waals surface area contributed by atoms with Crippen molar-refractivity contribution in [2.45, 2.75) is 33.2 Å². The number of hydrogen-bond donors (Lipinski definition) is 1. The van der Waals surface area contributed by atoms with Gasteiger partial charge in [-0.15, -0.1) is 21.5 Å². The van der Waals surface area contributed by atoms with E-state index in [0.717, 1.165) is 5.56 Å². The minimum atomic E-state index is -0.499. The van der Waals surface area contributed by atoms with Crippen molar-refractivity contribution >= 4 is 28.0 Å². The van der Waals surface area contributed by atoms with Gasteiger partial charge in [0.15, 0.2) is 5.78 Å². The molecule has 0 atom stereocenters. The van der Waals surface area contributed by atoms with Gasteiger partial charge in [0, 0.05) is 5.56 Å². The molecule has 1 amide bonds. The Bertz CT molecular complexity index is 951. The average Bonchev–Trinajstić information content (AvgIpc) is 3.24. The highest BCUT2D eigenvalue weighted by molar-refractivity contribution is 7.14. The SMILES string of the molecule is Cc1ccc(C(=O)c2ccsc2NC(=O)c2nnn(C(C)(C)C)n2)cc1. The summed E-state index contributed by atoms with van der Waals surface area (Å²) >= 11 is 1.28. The number of tetrazole rings is 1. The molecule has 0 aliphatic rings. The number of amides is 1. The molecule has 0 bridgehead atoms. The third-order valence-corrected chi connectivity index (χ3v) is 4.50. The molecule has 0 spiro atoms. The van der Waals surface area contributed by atoms with Crippen LogP contribution < -0.4 is 5.32 Å². The molecule has 0 saturated heterocycles. The fourth-order valence-electron chi connectivity index (χ4n) is 2.19. The number of benzene rings is 1. The summed E-state index contributed by atoms with van der Waals surface area (Å²) in [5, 5.41) is 16.7. The van der Waals surface area contributed by atoms with Crippen LogP contribution in [-0.2, 0) is 5.54 Å². The summed E-state index contributed by atoms with van der Waals surface area (Å²) in [5.74, 6) is -0.684. The molecule has 1 N–H and O–H groups in total. The summed E-state index contributed by atoms with van der Waals surface area (Å²) in [5.41, 5.74) is 1.71. The van der Waals surface area contributed by atoms with Crippen molar-refractivity contribution in [3.63, 3.8) is 0 Å². The zero-order valence-electron chi connectivity index (χ0n) is 15.0. The second-order valence-corrected chi connectivity index (χ2v) is 7.80. The summed E-state index contributed by atoms with van der Waals surface area (Å²) in [6.07, 6.45) is 0. The highest BCUT2D eigenvalue weighted by atomic mass is 32.1. The van der Waals surface area contributed by atoms with Crippen molar-refractivity contribution in [3.8, 4) is 0 Å². The van der Waals surface area contributed by atoms with E-state index >= 15 is 0 Å². The van der Waals surface area contributed by atoms with Crippen molar-refractivity contribution in [2.24, 2.45) is 0 Å². The maximum atomic E-state index is 12.7. The highest BCUT2D eigenvalue weighted by Crippen LogP contribution is 2.26. The van der Waals surface area contributed by atoms with Crippen LogP contribution in [0.1, 0.15) is 52.9 Å². The summed E-state index contributed by atoms with van der Waals surface area (Å²) in [6.45, 7) is 7.69. The van der Waals surface area contributed by atoms with Crippen molar-refractivity contribution in [1.29, 1.82) is 0 Å². The Morgan fingerprint density at radius 3 is 2.42 bits per heavy atom. The van der Waals surface area contributed by atoms with E-state index in [1.165, 1.54) is 16.1 Å². The minimum absolute atomic E-state index is 0.0398. The van der Waals surface area contributed by atoms with Crippen LogP contribution in [0.5, 0.6) is 0 Å². The molecule has 7 nitrogen and oxygen atoms in total. The van der Waals surface area contributed by atoms with E-state index in [-0.39, 0.29) is 17.1 Å². The fourth-order valence-corrected chi connectivity index (χ4v) is 2.97. The fraction of sp³-hybridized carbons (Fsp3) is 0.278. The number of ketones is 1. The molecule has 0 unspecified atom stereocenters. The first-order valence-corrected chi connectivity index (χ1v) is 8.94. The Balaban J connectivity index is 1.80. The van der Waals surface area contributed by atoms with Crippen LogP contribution in [0.4, 0.5) is 5.00 Å². The molecule has 3 rings (SSSR count). The van der Waals surface area contributed by atoms with Crippen LogP contribution in [0.25, 0.3) is 0 Å². The summed E-state index contributed by atoms with van der Waals surface area (Å²) in [7, 11) is 0. The predicted octanol–water partition coefficient (Wildman–Crippen LogP) is 3.28. The van der Waals surface area contributed by atoms with Crippen molar-refractivity contribution in [1.82, 2.24) is 20.2 Å². The number of hydrogen-bond acceptors (Lipinski definition) is 6. The first-order chi connectivity index (χ1) is 12.3. The number of nitrogens with one attached hydrogen (secondary N) is 1. The maximum absolute atomic E-state index is 12.7. The molecule has 0 aliphatic heterocycles. The van der Waals surface area contributed by atoms with Gasteiger partial charge in [-0.1, -0.05) is 29.8 Å². The molecule has 26 heavy (non-hydrogen) atoms. The van der Waals surface area contributed by atoms with E-state index < -0.39 is 5.91 Å². The number of carbonyl (C=O) groups excluding carboxylic acids is 2. The second-order valence-electron chi connectivity index (χ2n) is 6.89. The summed E-state index contributed by atoms with van der Waals surface area (Å²) in [6, 6.07) is 9.01. The van der Waals surface area contributed by atoms with E-state index in [4.69, 9.17) is 0 Å². The van der Waals surface area contributed by atoms with E-state index in [1.807, 2.05) is 39.8 Å². The Labute approximate surface area is 155 Å². The van der Waals surface area contributed by atoms with Crippen LogP contribution in [0.2, 0.25) is 0 Å². The van der Waals surface area contributed by atoms with Crippen LogP contribution in [0.3, 0.4) is 0 Å². The van der Waals surface area contributed by atoms with Gasteiger partial charge in [-0.25, -0.2) is 0 Å². The Morgan fingerprint density at radius 1 is 1.12 bits per heavy atom. The lowest BCUT2D eigenvalue weighted by Crippen LogP contribution is -2.25. The molecule has 3 aromatic rings. The summed E-state index contributed by atoms with van der Waals surface area (Å²) < 4.78 is 0. The first kappa shape index (κ1) is 17.9. The number of carbonyl (C=O) groups is 2. The van der Waals surface area contributed by atoms with Crippen molar-refractivity contribution in [2.75, 3.05) is 5.32 Å². The number of aryl methyl sites for hydroxylation is 1. The molecular formula is C18H19N5O2S. The molecule has 134 valence electrons. The van der Waals surface area contributed by atoms with Crippen molar-refractivity contribution in [3.05, 3.63) is 58.2 Å². The molecule has 0 aliphatic carbocycles. The number of aromatic nitrogens is 4. The van der Waals surface area contributed by atoms with Crippen LogP contribution in [0, 0.1) is 6.92 Å². The molecule has 0 radical (unpaired) electrons. The summed E-state index contributed by atoms with van der Waals surface area (Å²) in [4.78, 5) is 26.5. The smallest absolute Gasteiger partial charge is 0.297 e. The molecular weight excluding hydrogens is 350 g/mol. The average molecular weight is 369 g/mol. The lowest BCUT2D eigenvalue weighted by molar-refractivity contribution is 0.101. The van der Waals surface area contributed by atoms with Gasteiger partial charge in [0.2, 0.25) is 0 Å². The lowest BCUT2D eigenvalue weighted by atomic mass is 10.0. The van der Waals surface area contributed by atoms with Gasteiger partial charge in [-0.2, -0.15) is 4.80 Å². The molecule has 0 saturated carbocycles. The van der Waals surface area contributed by atoms with Gasteiger partial charge in [-0.3, -0.25) is 9.59 Å². The van der Waals surface area contributed by atoms with Gasteiger partial charge in [-0.05, 0) is 44.4 Å². The van der Waals surface area contributed by atoms with E-state index in [9.17, 15) is 9.59 Å². The third-order valence-electron chi connectivity index (χ3n) is 3.67. The highest BCUT2D eigenvalue weighted by Gasteiger charge is 2.22. The zero-order valence-corrected chi connectivity index (χ0v) is 15.8. The molecule has 2 heterocycles. The predicted molar refractivity (Wildman–Crippen MR) is 99.7 cm³/mol. The van der Waals surface area contributed by atoms with E-state index in [0.29, 0.717) is 16.1 Å². The van der Waals surface area contributed by atoms with Gasteiger partial charge >= 0.3 is 0 Å². The molecule has 8 heteroatoms. The normalized spacial score (nSPS) is 11.4. The molecule has 0 fully saturated rings. The van der Waals surface area contributed by atoms with Crippen LogP contribution in [0.15, 0.2) is 35.7 Å². The van der Waals surface area contributed by atoms with Crippen LogP contribution in [-0.4, -0.2) is 31.9 Å². The van der Waals surface area contributed by atoms with Crippen LogP contribution >= 0.6 is 11.3 Å². The third kappa shape index (κ3) is 3.70. The maximum Gasteiger partial charge on any atom is 0.297 e. The van der Waals surface area contributed by atoms with Gasteiger partial charge < -0.3 is 5.32 Å². The number of thiophene rings is 1. The first-order valence-electron chi connectivity index (χ1n) is 8.06. The van der Waals surface area contributed by atoms with Crippen molar-refractivity contribution < 1.29 is 9.59 Å². The largest absolute Gasteiger partial charge is 0.310 e. The van der Waals surface area contributed by atoms with E-state index in [1.54, 1.807) is 23.6 Å². The number of anilines is 1. The quantitative estimate of drug-likeness (QED) is 0.713. The monoisotopic (exact) mass is 369 g/mol. The number of nitrogens with zero attached hydrogens (tertiary/aromatic N) is 4. The zero-order chi connectivity index (χ0) is 18.9. The molecule has 2 aromatic heterocycles. The minimum Gasteiger partial charge on any atom is -0.310 e. The van der Waals surface area contributed by atoms with Gasteiger partial charge in [0.25, 0.3) is 11.7 Å². The van der Waals surface area contributed by atoms with Gasteiger partial charge in [0.1, 0.15) is 5.00 Å². The van der Waals surface area contributed by atoms with E-state index in [2.05, 4.69) is 20.7 Å². The lowest BCUT2D eigenvalue weighted by Gasteiger charge is -2.15.